The maximum Gasteiger partial charge on any atom is 0.410 e. The number of rotatable bonds is 5. The molecule has 1 amide bonds. The van der Waals surface area contributed by atoms with E-state index >= 15 is 0 Å². The second-order valence-electron chi connectivity index (χ2n) is 8.42. The van der Waals surface area contributed by atoms with Crippen LogP contribution in [0.2, 0.25) is 0 Å². The Labute approximate surface area is 172 Å². The van der Waals surface area contributed by atoms with E-state index in [0.29, 0.717) is 30.5 Å². The second-order valence-corrected chi connectivity index (χ2v) is 8.42. The predicted molar refractivity (Wildman–Crippen MR) is 112 cm³/mol. The maximum atomic E-state index is 12.4. The van der Waals surface area contributed by atoms with Crippen LogP contribution in [-0.2, 0) is 4.74 Å². The maximum absolute atomic E-state index is 12.4. The van der Waals surface area contributed by atoms with Crippen molar-refractivity contribution in [1.82, 2.24) is 9.88 Å². The van der Waals surface area contributed by atoms with Crippen molar-refractivity contribution in [2.24, 2.45) is 5.92 Å². The van der Waals surface area contributed by atoms with E-state index in [2.05, 4.69) is 4.98 Å². The van der Waals surface area contributed by atoms with Crippen LogP contribution in [0.15, 0.2) is 42.5 Å². The first-order chi connectivity index (χ1) is 13.8. The third-order valence-corrected chi connectivity index (χ3v) is 4.57. The molecule has 1 aliphatic heterocycles. The summed E-state index contributed by atoms with van der Waals surface area (Å²) in [6, 6.07) is 13.3. The summed E-state index contributed by atoms with van der Waals surface area (Å²) in [5.41, 5.74) is 0.370. The van der Waals surface area contributed by atoms with Gasteiger partial charge >= 0.3 is 6.09 Å². The van der Waals surface area contributed by atoms with Crippen molar-refractivity contribution in [3.63, 3.8) is 0 Å². The fraction of sp³-hybridized carbons (Fsp3) is 0.478. The molecule has 0 bridgehead atoms. The summed E-state index contributed by atoms with van der Waals surface area (Å²) in [6.45, 7) is 9.41. The fourth-order valence-electron chi connectivity index (χ4n) is 3.20. The van der Waals surface area contributed by atoms with Gasteiger partial charge in [0.05, 0.1) is 6.61 Å². The highest BCUT2D eigenvalue weighted by Crippen LogP contribution is 2.30. The van der Waals surface area contributed by atoms with Crippen LogP contribution in [0.3, 0.4) is 0 Å². The van der Waals surface area contributed by atoms with E-state index in [1.165, 1.54) is 0 Å². The molecule has 1 fully saturated rings. The summed E-state index contributed by atoms with van der Waals surface area (Å²) in [5, 5.41) is 0. The van der Waals surface area contributed by atoms with E-state index in [9.17, 15) is 4.79 Å². The van der Waals surface area contributed by atoms with Crippen molar-refractivity contribution in [3.8, 4) is 17.4 Å². The fourth-order valence-corrected chi connectivity index (χ4v) is 3.20. The molecular formula is C23H30N2O4. The molecule has 1 atom stereocenters. The quantitative estimate of drug-likeness (QED) is 0.692. The van der Waals surface area contributed by atoms with Crippen LogP contribution in [0.5, 0.6) is 17.4 Å². The van der Waals surface area contributed by atoms with Crippen LogP contribution in [0.25, 0.3) is 0 Å². The van der Waals surface area contributed by atoms with E-state index in [1.807, 2.05) is 70.2 Å². The average molecular weight is 399 g/mol. The Kier molecular flexibility index (Phi) is 6.62. The third kappa shape index (κ3) is 6.38. The molecule has 0 aliphatic carbocycles. The molecule has 1 aromatic heterocycles. The number of pyridine rings is 1. The molecule has 29 heavy (non-hydrogen) atoms. The Morgan fingerprint density at radius 3 is 2.66 bits per heavy atom. The summed E-state index contributed by atoms with van der Waals surface area (Å²) >= 11 is 0. The molecule has 0 saturated carbocycles. The molecule has 0 spiro atoms. The summed E-state index contributed by atoms with van der Waals surface area (Å²) in [6.07, 6.45) is 1.69. The topological polar surface area (TPSA) is 60.9 Å². The number of piperidine rings is 1. The first-order valence-electron chi connectivity index (χ1n) is 10.1. The van der Waals surface area contributed by atoms with Crippen LogP contribution >= 0.6 is 0 Å². The highest BCUT2D eigenvalue weighted by molar-refractivity contribution is 5.68. The Hall–Kier alpha value is -2.76. The molecule has 2 heterocycles. The molecule has 0 unspecified atom stereocenters. The standard InChI is InChI=1S/C23H30N2O4/c1-17-12-13-20(21(24-17)28-19-10-6-5-7-11-19)27-16-18-9-8-14-25(15-18)22(26)29-23(2,3)4/h5-7,10-13,18H,8-9,14-16H2,1-4H3/t18-/m0/s1. The highest BCUT2D eigenvalue weighted by Gasteiger charge is 2.28. The number of hydrogen-bond acceptors (Lipinski definition) is 5. The normalized spacial score (nSPS) is 17.0. The number of para-hydroxylation sites is 1. The molecule has 156 valence electrons. The van der Waals surface area contributed by atoms with Gasteiger partial charge < -0.3 is 19.1 Å². The van der Waals surface area contributed by atoms with Gasteiger partial charge in [-0.1, -0.05) is 18.2 Å². The minimum atomic E-state index is -0.488. The van der Waals surface area contributed by atoms with E-state index in [4.69, 9.17) is 14.2 Å². The van der Waals surface area contributed by atoms with Crippen LogP contribution in [0.1, 0.15) is 39.3 Å². The first-order valence-corrected chi connectivity index (χ1v) is 10.1. The van der Waals surface area contributed by atoms with Crippen LogP contribution in [-0.4, -0.2) is 41.3 Å². The number of amides is 1. The number of hydrogen-bond donors (Lipinski definition) is 0. The highest BCUT2D eigenvalue weighted by atomic mass is 16.6. The smallest absolute Gasteiger partial charge is 0.410 e. The minimum Gasteiger partial charge on any atom is -0.488 e. The zero-order valence-electron chi connectivity index (χ0n) is 17.7. The van der Waals surface area contributed by atoms with Crippen molar-refractivity contribution in [2.45, 2.75) is 46.1 Å². The van der Waals surface area contributed by atoms with Gasteiger partial charge in [0, 0.05) is 24.7 Å². The van der Waals surface area contributed by atoms with Crippen molar-refractivity contribution >= 4 is 6.09 Å². The number of aromatic nitrogens is 1. The Morgan fingerprint density at radius 1 is 1.17 bits per heavy atom. The number of benzene rings is 1. The molecule has 3 rings (SSSR count). The van der Waals surface area contributed by atoms with Gasteiger partial charge in [-0.05, 0) is 64.8 Å². The molecule has 0 radical (unpaired) electrons. The monoisotopic (exact) mass is 398 g/mol. The van der Waals surface area contributed by atoms with Crippen molar-refractivity contribution in [1.29, 1.82) is 0 Å². The van der Waals surface area contributed by atoms with E-state index in [0.717, 1.165) is 25.1 Å². The summed E-state index contributed by atoms with van der Waals surface area (Å²) < 4.78 is 17.5. The zero-order valence-corrected chi connectivity index (χ0v) is 17.7. The zero-order chi connectivity index (χ0) is 20.9. The van der Waals surface area contributed by atoms with Crippen molar-refractivity contribution in [2.75, 3.05) is 19.7 Å². The Bertz CT molecular complexity index is 817. The van der Waals surface area contributed by atoms with E-state index in [-0.39, 0.29) is 12.0 Å². The second kappa shape index (κ2) is 9.16. The summed E-state index contributed by atoms with van der Waals surface area (Å²) in [5.74, 6) is 2.01. The third-order valence-electron chi connectivity index (χ3n) is 4.57. The first kappa shape index (κ1) is 21.0. The van der Waals surface area contributed by atoms with Crippen molar-refractivity contribution in [3.05, 3.63) is 48.2 Å². The number of carbonyl (C=O) groups excluding carboxylic acids is 1. The van der Waals surface area contributed by atoms with Gasteiger partial charge in [0.25, 0.3) is 5.88 Å². The molecule has 6 nitrogen and oxygen atoms in total. The van der Waals surface area contributed by atoms with Crippen LogP contribution in [0, 0.1) is 12.8 Å². The SMILES string of the molecule is Cc1ccc(OC[C@H]2CCCN(C(=O)OC(C)(C)C)C2)c(Oc2ccccc2)n1. The Morgan fingerprint density at radius 2 is 1.93 bits per heavy atom. The lowest BCUT2D eigenvalue weighted by molar-refractivity contribution is 0.0138. The molecule has 0 N–H and O–H groups in total. The summed E-state index contributed by atoms with van der Waals surface area (Å²) in [4.78, 5) is 18.6. The number of aryl methyl sites for hydroxylation is 1. The van der Waals surface area contributed by atoms with Crippen LogP contribution < -0.4 is 9.47 Å². The lowest BCUT2D eigenvalue weighted by Gasteiger charge is -2.34. The van der Waals surface area contributed by atoms with Gasteiger partial charge in [-0.2, -0.15) is 0 Å². The van der Waals surface area contributed by atoms with E-state index < -0.39 is 5.60 Å². The summed E-state index contributed by atoms with van der Waals surface area (Å²) in [7, 11) is 0. The Balaban J connectivity index is 1.61. The van der Waals surface area contributed by atoms with Gasteiger partial charge in [0.2, 0.25) is 0 Å². The largest absolute Gasteiger partial charge is 0.488 e. The molecule has 1 aliphatic rings. The molecule has 1 aromatic carbocycles. The van der Waals surface area contributed by atoms with Gasteiger partial charge in [-0.25, -0.2) is 9.78 Å². The van der Waals surface area contributed by atoms with Gasteiger partial charge in [0.1, 0.15) is 11.4 Å². The molecule has 1 saturated heterocycles. The lowest BCUT2D eigenvalue weighted by atomic mass is 9.99. The lowest BCUT2D eigenvalue weighted by Crippen LogP contribution is -2.44. The minimum absolute atomic E-state index is 0.238. The van der Waals surface area contributed by atoms with Crippen LogP contribution in [0.4, 0.5) is 4.79 Å². The number of ether oxygens (including phenoxy) is 3. The molecule has 2 aromatic rings. The van der Waals surface area contributed by atoms with Gasteiger partial charge in [0.15, 0.2) is 5.75 Å². The molecule has 6 heteroatoms. The predicted octanol–water partition coefficient (Wildman–Crippen LogP) is 5.21. The number of likely N-dealkylation sites (tertiary alicyclic amines) is 1. The number of nitrogens with zero attached hydrogens (tertiary/aromatic N) is 2. The average Bonchev–Trinajstić information content (AvgIpc) is 2.67. The van der Waals surface area contributed by atoms with Gasteiger partial charge in [-0.15, -0.1) is 0 Å². The van der Waals surface area contributed by atoms with Crippen molar-refractivity contribution < 1.29 is 19.0 Å². The molecular weight excluding hydrogens is 368 g/mol. The van der Waals surface area contributed by atoms with E-state index in [1.54, 1.807) is 4.90 Å². The number of carbonyl (C=O) groups is 1. The van der Waals surface area contributed by atoms with Gasteiger partial charge in [-0.3, -0.25) is 0 Å².